The summed E-state index contributed by atoms with van der Waals surface area (Å²) < 4.78 is 0. The summed E-state index contributed by atoms with van der Waals surface area (Å²) in [5.74, 6) is 1.92. The van der Waals surface area contributed by atoms with E-state index in [4.69, 9.17) is 15.7 Å². The maximum Gasteiger partial charge on any atom is 0.147 e. The number of fused-ring (bicyclic) bond motifs is 2. The summed E-state index contributed by atoms with van der Waals surface area (Å²) in [4.78, 5) is 22.1. The van der Waals surface area contributed by atoms with Gasteiger partial charge in [-0.15, -0.1) is 0 Å². The molecule has 2 aliphatic heterocycles. The van der Waals surface area contributed by atoms with E-state index in [0.29, 0.717) is 0 Å². The van der Waals surface area contributed by atoms with E-state index in [1.807, 2.05) is 18.5 Å². The molecule has 0 aliphatic carbocycles. The minimum Gasteiger partial charge on any atom is -0.356 e. The summed E-state index contributed by atoms with van der Waals surface area (Å²) in [6.07, 6.45) is 9.24. The van der Waals surface area contributed by atoms with Gasteiger partial charge in [-0.3, -0.25) is 10.1 Å². The van der Waals surface area contributed by atoms with Gasteiger partial charge in [0.1, 0.15) is 17.3 Å². The Morgan fingerprint density at radius 1 is 0.914 bits per heavy atom. The Hall–Kier alpha value is -3.98. The lowest BCUT2D eigenvalue weighted by Gasteiger charge is -2.37. The third kappa shape index (κ3) is 3.50. The summed E-state index contributed by atoms with van der Waals surface area (Å²) in [6.45, 7) is 3.75. The Kier molecular flexibility index (Phi) is 4.70. The van der Waals surface area contributed by atoms with Crippen LogP contribution in [0.15, 0.2) is 48.9 Å². The fourth-order valence-corrected chi connectivity index (χ4v) is 5.25. The zero-order valence-electron chi connectivity index (χ0n) is 19.4. The molecular weight excluding hydrogens is 438 g/mol. The lowest BCUT2D eigenvalue weighted by molar-refractivity contribution is 0.514. The van der Waals surface area contributed by atoms with E-state index < -0.39 is 0 Å². The number of nitrogens with one attached hydrogen (secondary N) is 2. The van der Waals surface area contributed by atoms with Gasteiger partial charge in [-0.2, -0.15) is 5.10 Å². The van der Waals surface area contributed by atoms with Gasteiger partial charge in [0.15, 0.2) is 0 Å². The van der Waals surface area contributed by atoms with Gasteiger partial charge < -0.3 is 20.5 Å². The number of aromatic amines is 2. The number of pyridine rings is 1. The van der Waals surface area contributed by atoms with Crippen molar-refractivity contribution in [1.82, 2.24) is 30.1 Å². The van der Waals surface area contributed by atoms with Crippen LogP contribution in [0.3, 0.4) is 0 Å². The molecule has 5 aromatic rings. The minimum atomic E-state index is 0.215. The number of H-pyrrole nitrogens is 2. The van der Waals surface area contributed by atoms with Crippen molar-refractivity contribution in [3.63, 3.8) is 0 Å². The Bertz CT molecular complexity index is 1520. The third-order valence-electron chi connectivity index (χ3n) is 7.15. The van der Waals surface area contributed by atoms with Crippen molar-refractivity contribution in [2.45, 2.75) is 25.3 Å². The fourth-order valence-electron chi connectivity index (χ4n) is 5.25. The SMILES string of the molecule is NC1CN(c2cncc(-c3ccc4[nH]nc(-c5cc6c(N7CCCCC7)nccc6[nH]5)c4c3)n2)C1. The van der Waals surface area contributed by atoms with Crippen LogP contribution in [-0.2, 0) is 0 Å². The van der Waals surface area contributed by atoms with Gasteiger partial charge in [-0.1, -0.05) is 6.07 Å². The van der Waals surface area contributed by atoms with E-state index in [2.05, 4.69) is 54.2 Å². The van der Waals surface area contributed by atoms with Crippen LogP contribution in [0.2, 0.25) is 0 Å². The zero-order valence-corrected chi connectivity index (χ0v) is 19.4. The van der Waals surface area contributed by atoms with Crippen LogP contribution in [0.1, 0.15) is 19.3 Å². The van der Waals surface area contributed by atoms with Crippen molar-refractivity contribution >= 4 is 33.4 Å². The van der Waals surface area contributed by atoms with Crippen LogP contribution < -0.4 is 15.5 Å². The molecule has 0 spiro atoms. The van der Waals surface area contributed by atoms with Gasteiger partial charge in [0, 0.05) is 54.8 Å². The van der Waals surface area contributed by atoms with Crippen LogP contribution in [0, 0.1) is 0 Å². The standard InChI is InChI=1S/C26H27N9/c27-17-14-35(15-17)24-13-28-12-23(31-24)16-4-5-21-18(10-16)25(33-32-21)22-11-19-20(30-22)6-7-29-26(19)34-8-2-1-3-9-34/h4-7,10-13,17,30H,1-3,8-9,14-15,27H2,(H,32,33). The maximum atomic E-state index is 5.95. The van der Waals surface area contributed by atoms with Crippen LogP contribution in [-0.4, -0.2) is 62.4 Å². The highest BCUT2D eigenvalue weighted by molar-refractivity contribution is 6.00. The van der Waals surface area contributed by atoms with E-state index in [9.17, 15) is 0 Å². The first-order valence-electron chi connectivity index (χ1n) is 12.3. The number of piperidine rings is 1. The van der Waals surface area contributed by atoms with Crippen LogP contribution in [0.5, 0.6) is 0 Å². The summed E-state index contributed by atoms with van der Waals surface area (Å²) >= 11 is 0. The first kappa shape index (κ1) is 20.4. The number of anilines is 2. The molecule has 9 nitrogen and oxygen atoms in total. The number of hydrogen-bond donors (Lipinski definition) is 3. The van der Waals surface area contributed by atoms with Crippen molar-refractivity contribution < 1.29 is 0 Å². The van der Waals surface area contributed by atoms with Gasteiger partial charge in [-0.25, -0.2) is 9.97 Å². The molecule has 0 radical (unpaired) electrons. The quantitative estimate of drug-likeness (QED) is 0.371. The molecule has 4 N–H and O–H groups in total. The van der Waals surface area contributed by atoms with Crippen molar-refractivity contribution in [2.75, 3.05) is 36.0 Å². The number of nitrogens with two attached hydrogens (primary N) is 1. The molecule has 0 amide bonds. The molecule has 6 heterocycles. The fraction of sp³-hybridized carbons (Fsp3) is 0.308. The van der Waals surface area contributed by atoms with Gasteiger partial charge in [-0.05, 0) is 43.5 Å². The average molecular weight is 466 g/mol. The molecule has 7 rings (SSSR count). The predicted octanol–water partition coefficient (Wildman–Crippen LogP) is 3.70. The average Bonchev–Trinajstić information content (AvgIpc) is 3.51. The summed E-state index contributed by atoms with van der Waals surface area (Å²) in [6, 6.07) is 10.7. The largest absolute Gasteiger partial charge is 0.356 e. The highest BCUT2D eigenvalue weighted by atomic mass is 15.3. The Balaban J connectivity index is 1.28. The maximum absolute atomic E-state index is 5.95. The van der Waals surface area contributed by atoms with Crippen molar-refractivity contribution in [3.8, 4) is 22.6 Å². The van der Waals surface area contributed by atoms with Crippen molar-refractivity contribution in [1.29, 1.82) is 0 Å². The predicted molar refractivity (Wildman–Crippen MR) is 138 cm³/mol. The lowest BCUT2D eigenvalue weighted by atomic mass is 10.1. The van der Waals surface area contributed by atoms with Gasteiger partial charge in [0.2, 0.25) is 0 Å². The topological polar surface area (TPSA) is 116 Å². The second kappa shape index (κ2) is 8.06. The summed E-state index contributed by atoms with van der Waals surface area (Å²) in [5, 5.41) is 10.0. The summed E-state index contributed by atoms with van der Waals surface area (Å²) in [7, 11) is 0. The molecule has 1 aromatic carbocycles. The number of benzene rings is 1. The Labute approximate surface area is 202 Å². The van der Waals surface area contributed by atoms with Gasteiger partial charge >= 0.3 is 0 Å². The Morgan fingerprint density at radius 3 is 2.66 bits per heavy atom. The first-order valence-corrected chi connectivity index (χ1v) is 12.3. The minimum absolute atomic E-state index is 0.215. The summed E-state index contributed by atoms with van der Waals surface area (Å²) in [5.41, 5.74) is 11.7. The highest BCUT2D eigenvalue weighted by Gasteiger charge is 2.25. The molecule has 35 heavy (non-hydrogen) atoms. The molecule has 0 atom stereocenters. The number of rotatable bonds is 4. The smallest absolute Gasteiger partial charge is 0.147 e. The van der Waals surface area contributed by atoms with Crippen LogP contribution >= 0.6 is 0 Å². The van der Waals surface area contributed by atoms with Gasteiger partial charge in [0.05, 0.1) is 34.8 Å². The van der Waals surface area contributed by atoms with E-state index in [-0.39, 0.29) is 6.04 Å². The lowest BCUT2D eigenvalue weighted by Crippen LogP contribution is -2.56. The van der Waals surface area contributed by atoms with E-state index in [1.165, 1.54) is 19.3 Å². The van der Waals surface area contributed by atoms with Crippen molar-refractivity contribution in [3.05, 3.63) is 48.9 Å². The molecule has 9 heteroatoms. The van der Waals surface area contributed by atoms with Crippen LogP contribution in [0.4, 0.5) is 11.6 Å². The molecule has 0 unspecified atom stereocenters. The molecule has 4 aromatic heterocycles. The molecular formula is C26H27N9. The first-order chi connectivity index (χ1) is 17.2. The molecule has 2 fully saturated rings. The van der Waals surface area contributed by atoms with Crippen molar-refractivity contribution in [2.24, 2.45) is 5.73 Å². The monoisotopic (exact) mass is 465 g/mol. The molecule has 0 bridgehead atoms. The zero-order chi connectivity index (χ0) is 23.4. The highest BCUT2D eigenvalue weighted by Crippen LogP contribution is 2.34. The third-order valence-corrected chi connectivity index (χ3v) is 7.15. The molecule has 2 aliphatic rings. The second-order valence-electron chi connectivity index (χ2n) is 9.59. The second-order valence-corrected chi connectivity index (χ2v) is 9.59. The number of aromatic nitrogens is 6. The number of nitrogens with zero attached hydrogens (tertiary/aromatic N) is 6. The normalized spacial score (nSPS) is 16.8. The number of hydrogen-bond acceptors (Lipinski definition) is 7. The van der Waals surface area contributed by atoms with Crippen LogP contribution in [0.25, 0.3) is 44.5 Å². The van der Waals surface area contributed by atoms with E-state index in [0.717, 1.165) is 82.3 Å². The Morgan fingerprint density at radius 2 is 1.80 bits per heavy atom. The molecule has 2 saturated heterocycles. The van der Waals surface area contributed by atoms with Gasteiger partial charge in [0.25, 0.3) is 0 Å². The molecule has 176 valence electrons. The van der Waals surface area contributed by atoms with E-state index >= 15 is 0 Å². The molecule has 0 saturated carbocycles. The van der Waals surface area contributed by atoms with E-state index in [1.54, 1.807) is 6.20 Å².